The molecular formula is C23H44N2O3. The summed E-state index contributed by atoms with van der Waals surface area (Å²) in [6.07, 6.45) is 13.3. The van der Waals surface area contributed by atoms with Crippen molar-refractivity contribution in [2.75, 3.05) is 20.3 Å². The molecule has 1 saturated heterocycles. The van der Waals surface area contributed by atoms with Crippen molar-refractivity contribution in [1.82, 2.24) is 9.80 Å². The molecule has 0 bridgehead atoms. The summed E-state index contributed by atoms with van der Waals surface area (Å²) in [5.74, 6) is 0.496. The van der Waals surface area contributed by atoms with Crippen LogP contribution in [-0.2, 0) is 9.59 Å². The first-order valence-electron chi connectivity index (χ1n) is 11.5. The fourth-order valence-corrected chi connectivity index (χ4v) is 4.07. The highest BCUT2D eigenvalue weighted by Gasteiger charge is 2.36. The van der Waals surface area contributed by atoms with E-state index in [9.17, 15) is 14.7 Å². The number of unbranched alkanes of at least 4 members (excludes halogenated alkanes) is 7. The second-order valence-electron chi connectivity index (χ2n) is 9.07. The normalized spacial score (nSPS) is 20.0. The number of hydrogen-bond acceptors (Lipinski definition) is 4. The van der Waals surface area contributed by atoms with E-state index < -0.39 is 5.60 Å². The van der Waals surface area contributed by atoms with Crippen LogP contribution in [0.5, 0.6) is 0 Å². The van der Waals surface area contributed by atoms with Crippen LogP contribution in [0, 0.1) is 0 Å². The molecular weight excluding hydrogens is 352 g/mol. The minimum atomic E-state index is -0.640. The molecule has 0 aromatic carbocycles. The monoisotopic (exact) mass is 396 g/mol. The predicted octanol–water partition coefficient (Wildman–Crippen LogP) is 4.52. The summed E-state index contributed by atoms with van der Waals surface area (Å²) in [7, 11) is 1.87. The molecule has 1 N–H and O–H groups in total. The number of likely N-dealkylation sites (N-methyl/N-ethyl adjacent to an activating group) is 1. The van der Waals surface area contributed by atoms with Gasteiger partial charge in [-0.2, -0.15) is 0 Å². The number of rotatable bonds is 16. The highest BCUT2D eigenvalue weighted by molar-refractivity contribution is 5.83. The summed E-state index contributed by atoms with van der Waals surface area (Å²) in [6, 6.07) is -0.0295. The largest absolute Gasteiger partial charge is 0.390 e. The summed E-state index contributed by atoms with van der Waals surface area (Å²) >= 11 is 0. The molecule has 1 aliphatic rings. The lowest BCUT2D eigenvalue weighted by atomic mass is 9.94. The van der Waals surface area contributed by atoms with Crippen LogP contribution >= 0.6 is 0 Å². The first-order valence-corrected chi connectivity index (χ1v) is 11.5. The third-order valence-electron chi connectivity index (χ3n) is 6.01. The lowest BCUT2D eigenvalue weighted by molar-refractivity contribution is -0.128. The van der Waals surface area contributed by atoms with Crippen molar-refractivity contribution < 1.29 is 14.7 Å². The molecule has 0 aliphatic carbocycles. The topological polar surface area (TPSA) is 60.9 Å². The van der Waals surface area contributed by atoms with Gasteiger partial charge in [0.15, 0.2) is 0 Å². The average Bonchev–Trinajstić information content (AvgIpc) is 2.90. The van der Waals surface area contributed by atoms with Gasteiger partial charge in [-0.05, 0) is 39.5 Å². The first-order chi connectivity index (χ1) is 13.3. The summed E-state index contributed by atoms with van der Waals surface area (Å²) in [5.41, 5.74) is -0.640. The average molecular weight is 397 g/mol. The van der Waals surface area contributed by atoms with E-state index in [1.54, 1.807) is 6.92 Å². The number of ketones is 1. The maximum atomic E-state index is 12.5. The van der Waals surface area contributed by atoms with E-state index in [1.165, 1.54) is 19.3 Å². The minimum Gasteiger partial charge on any atom is -0.390 e. The van der Waals surface area contributed by atoms with Gasteiger partial charge in [0.05, 0.1) is 18.3 Å². The zero-order valence-corrected chi connectivity index (χ0v) is 18.8. The quantitative estimate of drug-likeness (QED) is 0.390. The Balaban J connectivity index is 2.32. The second-order valence-corrected chi connectivity index (χ2v) is 9.07. The van der Waals surface area contributed by atoms with Gasteiger partial charge in [0, 0.05) is 20.0 Å². The molecule has 0 radical (unpaired) electrons. The summed E-state index contributed by atoms with van der Waals surface area (Å²) < 4.78 is 0. The standard InChI is InChI=1S/C23H44N2O3/c1-5-6-7-13-16-23(3,28)17-18-25-19-24(4)22(27)21(25)15-12-10-8-9-11-14-20(2)26/h21,28H,5-19H2,1-4H3. The van der Waals surface area contributed by atoms with Crippen LogP contribution in [0.3, 0.4) is 0 Å². The molecule has 2 unspecified atom stereocenters. The molecule has 0 spiro atoms. The number of hydrogen-bond donors (Lipinski definition) is 1. The first kappa shape index (κ1) is 25.1. The number of Topliss-reactive ketones (excluding diaryl/α,β-unsaturated/α-hetero) is 1. The molecule has 5 nitrogen and oxygen atoms in total. The molecule has 1 aliphatic heterocycles. The fraction of sp³-hybridized carbons (Fsp3) is 0.913. The van der Waals surface area contributed by atoms with Crippen LogP contribution in [-0.4, -0.2) is 58.5 Å². The van der Waals surface area contributed by atoms with E-state index in [-0.39, 0.29) is 17.7 Å². The second kappa shape index (κ2) is 13.3. The SMILES string of the molecule is CCCCCCC(C)(O)CCN1CN(C)C(=O)C1CCCCCCCC(C)=O. The van der Waals surface area contributed by atoms with E-state index in [2.05, 4.69) is 11.8 Å². The number of amides is 1. The molecule has 28 heavy (non-hydrogen) atoms. The van der Waals surface area contributed by atoms with E-state index in [1.807, 2.05) is 18.9 Å². The van der Waals surface area contributed by atoms with Crippen LogP contribution in [0.4, 0.5) is 0 Å². The van der Waals surface area contributed by atoms with E-state index in [0.29, 0.717) is 13.1 Å². The maximum Gasteiger partial charge on any atom is 0.240 e. The molecule has 1 amide bonds. The molecule has 0 saturated carbocycles. The van der Waals surface area contributed by atoms with Gasteiger partial charge in [0.2, 0.25) is 5.91 Å². The smallest absolute Gasteiger partial charge is 0.240 e. The molecule has 1 rings (SSSR count). The van der Waals surface area contributed by atoms with Crippen LogP contribution in [0.1, 0.15) is 104 Å². The van der Waals surface area contributed by atoms with Crippen molar-refractivity contribution in [1.29, 1.82) is 0 Å². The molecule has 0 aromatic heterocycles. The van der Waals surface area contributed by atoms with Crippen molar-refractivity contribution in [3.8, 4) is 0 Å². The molecule has 1 fully saturated rings. The van der Waals surface area contributed by atoms with Crippen molar-refractivity contribution >= 4 is 11.7 Å². The highest BCUT2D eigenvalue weighted by Crippen LogP contribution is 2.24. The number of carbonyl (C=O) groups is 2. The number of aliphatic hydroxyl groups is 1. The van der Waals surface area contributed by atoms with Crippen LogP contribution < -0.4 is 0 Å². The highest BCUT2D eigenvalue weighted by atomic mass is 16.3. The van der Waals surface area contributed by atoms with Crippen LogP contribution in [0.2, 0.25) is 0 Å². The minimum absolute atomic E-state index is 0.0295. The van der Waals surface area contributed by atoms with Gasteiger partial charge in [-0.25, -0.2) is 0 Å². The summed E-state index contributed by atoms with van der Waals surface area (Å²) in [5, 5.41) is 10.7. The summed E-state index contributed by atoms with van der Waals surface area (Å²) in [4.78, 5) is 27.5. The van der Waals surface area contributed by atoms with E-state index in [0.717, 1.165) is 64.3 Å². The van der Waals surface area contributed by atoms with Gasteiger partial charge in [-0.1, -0.05) is 58.3 Å². The van der Waals surface area contributed by atoms with Crippen LogP contribution in [0.25, 0.3) is 0 Å². The van der Waals surface area contributed by atoms with Gasteiger partial charge >= 0.3 is 0 Å². The van der Waals surface area contributed by atoms with Crippen molar-refractivity contribution in [3.63, 3.8) is 0 Å². The Morgan fingerprint density at radius 3 is 2.39 bits per heavy atom. The zero-order chi connectivity index (χ0) is 21.0. The molecule has 5 heteroatoms. The Bertz CT molecular complexity index is 465. The Morgan fingerprint density at radius 2 is 1.71 bits per heavy atom. The maximum absolute atomic E-state index is 12.5. The lowest BCUT2D eigenvalue weighted by Crippen LogP contribution is -2.37. The third kappa shape index (κ3) is 10.0. The Labute approximate surface area is 172 Å². The Hall–Kier alpha value is -0.940. The van der Waals surface area contributed by atoms with Gasteiger partial charge < -0.3 is 14.8 Å². The summed E-state index contributed by atoms with van der Waals surface area (Å²) in [6.45, 7) is 7.25. The van der Waals surface area contributed by atoms with Crippen molar-refractivity contribution in [3.05, 3.63) is 0 Å². The Morgan fingerprint density at radius 1 is 1.07 bits per heavy atom. The Kier molecular flexibility index (Phi) is 11.9. The van der Waals surface area contributed by atoms with Crippen molar-refractivity contribution in [2.24, 2.45) is 0 Å². The predicted molar refractivity (Wildman–Crippen MR) is 115 cm³/mol. The van der Waals surface area contributed by atoms with Gasteiger partial charge in [-0.15, -0.1) is 0 Å². The lowest BCUT2D eigenvalue weighted by Gasteiger charge is -2.28. The number of nitrogens with zero attached hydrogens (tertiary/aromatic N) is 2. The fourth-order valence-electron chi connectivity index (χ4n) is 4.07. The number of carbonyl (C=O) groups excluding carboxylic acids is 2. The van der Waals surface area contributed by atoms with Crippen LogP contribution in [0.15, 0.2) is 0 Å². The van der Waals surface area contributed by atoms with Crippen molar-refractivity contribution in [2.45, 2.75) is 116 Å². The molecule has 164 valence electrons. The van der Waals surface area contributed by atoms with E-state index >= 15 is 0 Å². The molecule has 2 atom stereocenters. The van der Waals surface area contributed by atoms with Gasteiger partial charge in [0.1, 0.15) is 5.78 Å². The third-order valence-corrected chi connectivity index (χ3v) is 6.01. The van der Waals surface area contributed by atoms with Gasteiger partial charge in [0.25, 0.3) is 0 Å². The zero-order valence-electron chi connectivity index (χ0n) is 18.8. The van der Waals surface area contributed by atoms with Gasteiger partial charge in [-0.3, -0.25) is 9.69 Å². The molecule has 0 aromatic rings. The molecule has 1 heterocycles. The van der Waals surface area contributed by atoms with E-state index in [4.69, 9.17) is 0 Å².